The molecule has 0 radical (unpaired) electrons. The minimum Gasteiger partial charge on any atom is -0.497 e. The van der Waals surface area contributed by atoms with Crippen LogP contribution in [0.25, 0.3) is 0 Å². The monoisotopic (exact) mass is 373 g/mol. The van der Waals surface area contributed by atoms with E-state index in [9.17, 15) is 0 Å². The van der Waals surface area contributed by atoms with Gasteiger partial charge in [-0.25, -0.2) is 4.68 Å². The van der Waals surface area contributed by atoms with Gasteiger partial charge in [0.25, 0.3) is 0 Å². The Kier molecular flexibility index (Phi) is 6.82. The fourth-order valence-electron chi connectivity index (χ4n) is 3.54. The zero-order chi connectivity index (χ0) is 19.2. The Morgan fingerprint density at radius 1 is 1.22 bits per heavy atom. The summed E-state index contributed by atoms with van der Waals surface area (Å²) in [7, 11) is 5.82. The predicted octanol–water partition coefficient (Wildman–Crippen LogP) is 1.98. The van der Waals surface area contributed by atoms with Crippen molar-refractivity contribution in [3.63, 3.8) is 0 Å². The largest absolute Gasteiger partial charge is 0.497 e. The Hall–Kier alpha value is -1.96. The van der Waals surface area contributed by atoms with E-state index >= 15 is 0 Å². The number of aromatic nitrogens is 3. The smallest absolute Gasteiger partial charge is 0.118 e. The molecule has 0 unspecified atom stereocenters. The fourth-order valence-corrected chi connectivity index (χ4v) is 3.54. The maximum atomic E-state index is 5.98. The SMILES string of the molecule is CCn1nnc2c1[C@@H](COCCN(C)C)CN(Cc1ccc(OC)cc1)C2. The van der Waals surface area contributed by atoms with Gasteiger partial charge in [-0.3, -0.25) is 4.90 Å². The Balaban J connectivity index is 1.68. The molecule has 1 aromatic carbocycles. The van der Waals surface area contributed by atoms with Gasteiger partial charge >= 0.3 is 0 Å². The van der Waals surface area contributed by atoms with Gasteiger partial charge in [0.05, 0.1) is 26.0 Å². The van der Waals surface area contributed by atoms with Crippen molar-refractivity contribution in [2.75, 3.05) is 47.5 Å². The molecule has 7 heteroatoms. The summed E-state index contributed by atoms with van der Waals surface area (Å²) in [6.45, 7) is 8.00. The maximum absolute atomic E-state index is 5.98. The van der Waals surface area contributed by atoms with Crippen molar-refractivity contribution in [1.29, 1.82) is 0 Å². The highest BCUT2D eigenvalue weighted by Gasteiger charge is 2.30. The number of fused-ring (bicyclic) bond motifs is 1. The number of hydrogen-bond acceptors (Lipinski definition) is 6. The van der Waals surface area contributed by atoms with Crippen LogP contribution in [0.4, 0.5) is 0 Å². The van der Waals surface area contributed by atoms with Gasteiger partial charge in [-0.2, -0.15) is 0 Å². The highest BCUT2D eigenvalue weighted by molar-refractivity contribution is 5.27. The van der Waals surface area contributed by atoms with Crippen molar-refractivity contribution in [1.82, 2.24) is 24.8 Å². The van der Waals surface area contributed by atoms with Gasteiger partial charge < -0.3 is 14.4 Å². The molecule has 0 bridgehead atoms. The Bertz CT molecular complexity index is 714. The topological polar surface area (TPSA) is 55.7 Å². The molecule has 0 saturated carbocycles. The molecular formula is C20H31N5O2. The van der Waals surface area contributed by atoms with E-state index < -0.39 is 0 Å². The first-order chi connectivity index (χ1) is 13.1. The standard InChI is InChI=1S/C20H31N5O2/c1-5-25-20-17(15-27-11-10-23(2)3)13-24(14-19(20)21-22-25)12-16-6-8-18(26-4)9-7-16/h6-9,17H,5,10-15H2,1-4H3/t17-/m1/s1. The van der Waals surface area contributed by atoms with Crippen LogP contribution in [-0.4, -0.2) is 72.3 Å². The summed E-state index contributed by atoms with van der Waals surface area (Å²) in [6, 6.07) is 8.28. The maximum Gasteiger partial charge on any atom is 0.118 e. The lowest BCUT2D eigenvalue weighted by molar-refractivity contribution is 0.0832. The first kappa shape index (κ1) is 19.8. The molecule has 2 aromatic rings. The van der Waals surface area contributed by atoms with Crippen LogP contribution in [0.1, 0.15) is 29.8 Å². The first-order valence-electron chi connectivity index (χ1n) is 9.60. The van der Waals surface area contributed by atoms with E-state index in [1.165, 1.54) is 11.3 Å². The van der Waals surface area contributed by atoms with Crippen molar-refractivity contribution in [3.05, 3.63) is 41.2 Å². The molecule has 1 aliphatic heterocycles. The number of nitrogens with zero attached hydrogens (tertiary/aromatic N) is 5. The molecule has 0 aliphatic carbocycles. The molecule has 7 nitrogen and oxygen atoms in total. The molecule has 0 fully saturated rings. The molecule has 0 N–H and O–H groups in total. The van der Waals surface area contributed by atoms with Gasteiger partial charge in [0.1, 0.15) is 11.4 Å². The second-order valence-electron chi connectivity index (χ2n) is 7.33. The van der Waals surface area contributed by atoms with Crippen LogP contribution < -0.4 is 4.74 Å². The molecule has 3 rings (SSSR count). The van der Waals surface area contributed by atoms with Crippen LogP contribution in [0, 0.1) is 0 Å². The normalized spacial score (nSPS) is 17.3. The number of benzene rings is 1. The number of aryl methyl sites for hydroxylation is 1. The van der Waals surface area contributed by atoms with Crippen LogP contribution in [0.5, 0.6) is 5.75 Å². The molecule has 0 amide bonds. The van der Waals surface area contributed by atoms with E-state index in [1.54, 1.807) is 7.11 Å². The minimum atomic E-state index is 0.295. The third-order valence-corrected chi connectivity index (χ3v) is 4.95. The number of methoxy groups -OCH3 is 1. The van der Waals surface area contributed by atoms with E-state index in [-0.39, 0.29) is 0 Å². The Morgan fingerprint density at radius 3 is 2.67 bits per heavy atom. The molecule has 2 heterocycles. The minimum absolute atomic E-state index is 0.295. The van der Waals surface area contributed by atoms with E-state index in [0.717, 1.165) is 50.8 Å². The molecule has 148 valence electrons. The van der Waals surface area contributed by atoms with E-state index in [1.807, 2.05) is 16.8 Å². The average molecular weight is 374 g/mol. The van der Waals surface area contributed by atoms with E-state index in [4.69, 9.17) is 9.47 Å². The lowest BCUT2D eigenvalue weighted by Gasteiger charge is -2.32. The molecule has 27 heavy (non-hydrogen) atoms. The third-order valence-electron chi connectivity index (χ3n) is 4.95. The van der Waals surface area contributed by atoms with Gasteiger partial charge in [-0.1, -0.05) is 17.3 Å². The van der Waals surface area contributed by atoms with Crippen LogP contribution in [0.2, 0.25) is 0 Å². The predicted molar refractivity (Wildman–Crippen MR) is 105 cm³/mol. The van der Waals surface area contributed by atoms with Gasteiger partial charge in [0.2, 0.25) is 0 Å². The van der Waals surface area contributed by atoms with E-state index in [0.29, 0.717) is 12.5 Å². The van der Waals surface area contributed by atoms with Crippen molar-refractivity contribution in [2.24, 2.45) is 0 Å². The number of ether oxygens (including phenoxy) is 2. The van der Waals surface area contributed by atoms with Crippen LogP contribution >= 0.6 is 0 Å². The summed E-state index contributed by atoms with van der Waals surface area (Å²) in [5, 5.41) is 8.79. The number of hydrogen-bond donors (Lipinski definition) is 0. The Labute approximate surface area is 161 Å². The van der Waals surface area contributed by atoms with Crippen LogP contribution in [0.15, 0.2) is 24.3 Å². The Morgan fingerprint density at radius 2 is 2.00 bits per heavy atom. The summed E-state index contributed by atoms with van der Waals surface area (Å²) in [4.78, 5) is 4.57. The van der Waals surface area contributed by atoms with Gasteiger partial charge in [-0.15, -0.1) is 5.10 Å². The van der Waals surface area contributed by atoms with Gasteiger partial charge in [0, 0.05) is 38.6 Å². The highest BCUT2D eigenvalue weighted by atomic mass is 16.5. The summed E-state index contributed by atoms with van der Waals surface area (Å²) < 4.78 is 13.3. The first-order valence-corrected chi connectivity index (χ1v) is 9.60. The summed E-state index contributed by atoms with van der Waals surface area (Å²) in [6.07, 6.45) is 0. The summed E-state index contributed by atoms with van der Waals surface area (Å²) >= 11 is 0. The van der Waals surface area contributed by atoms with Gasteiger partial charge in [0.15, 0.2) is 0 Å². The number of rotatable bonds is 9. The zero-order valence-corrected chi connectivity index (χ0v) is 16.9. The lowest BCUT2D eigenvalue weighted by atomic mass is 9.98. The van der Waals surface area contributed by atoms with Crippen LogP contribution in [0.3, 0.4) is 0 Å². The van der Waals surface area contributed by atoms with Crippen LogP contribution in [-0.2, 0) is 24.4 Å². The lowest BCUT2D eigenvalue weighted by Crippen LogP contribution is -2.36. The average Bonchev–Trinajstić information content (AvgIpc) is 3.09. The molecule has 1 aliphatic rings. The molecule has 0 spiro atoms. The third kappa shape index (κ3) is 5.06. The molecular weight excluding hydrogens is 342 g/mol. The molecule has 1 aromatic heterocycles. The molecule has 1 atom stereocenters. The number of likely N-dealkylation sites (N-methyl/N-ethyl adjacent to an activating group) is 1. The second-order valence-corrected chi connectivity index (χ2v) is 7.33. The highest BCUT2D eigenvalue weighted by Crippen LogP contribution is 2.28. The van der Waals surface area contributed by atoms with Crippen molar-refractivity contribution in [3.8, 4) is 5.75 Å². The molecule has 0 saturated heterocycles. The zero-order valence-electron chi connectivity index (χ0n) is 16.9. The van der Waals surface area contributed by atoms with Crippen molar-refractivity contribution in [2.45, 2.75) is 32.5 Å². The summed E-state index contributed by atoms with van der Waals surface area (Å²) in [5.41, 5.74) is 3.60. The fraction of sp³-hybridized carbons (Fsp3) is 0.600. The van der Waals surface area contributed by atoms with Crippen molar-refractivity contribution >= 4 is 0 Å². The van der Waals surface area contributed by atoms with Crippen molar-refractivity contribution < 1.29 is 9.47 Å². The van der Waals surface area contributed by atoms with Gasteiger partial charge in [-0.05, 0) is 38.7 Å². The summed E-state index contributed by atoms with van der Waals surface area (Å²) in [5.74, 6) is 1.18. The second kappa shape index (κ2) is 9.30. The van der Waals surface area contributed by atoms with E-state index in [2.05, 4.69) is 53.3 Å². The quantitative estimate of drug-likeness (QED) is 0.627.